The highest BCUT2D eigenvalue weighted by molar-refractivity contribution is 6.27. The molecular weight excluding hydrogens is 226 g/mol. The standard InChI is InChI=1S/C11H14ClN3O/c12-8-11(16)15-6-4-14(5-7-15)10-2-1-3-13-9-10/h1-3,9H,4-8H2. The summed E-state index contributed by atoms with van der Waals surface area (Å²) in [5, 5.41) is 0. The minimum Gasteiger partial charge on any atom is -0.367 e. The molecule has 86 valence electrons. The number of nitrogens with zero attached hydrogens (tertiary/aromatic N) is 3. The van der Waals surface area contributed by atoms with Crippen molar-refractivity contribution in [2.75, 3.05) is 37.0 Å². The van der Waals surface area contributed by atoms with E-state index in [0.717, 1.165) is 31.9 Å². The third-order valence-corrected chi connectivity index (χ3v) is 2.99. The highest BCUT2D eigenvalue weighted by Gasteiger charge is 2.20. The van der Waals surface area contributed by atoms with Crippen LogP contribution in [0.4, 0.5) is 5.69 Å². The lowest BCUT2D eigenvalue weighted by molar-refractivity contribution is -0.128. The Hall–Kier alpha value is -1.29. The van der Waals surface area contributed by atoms with E-state index in [-0.39, 0.29) is 11.8 Å². The Morgan fingerprint density at radius 1 is 1.38 bits per heavy atom. The van der Waals surface area contributed by atoms with Crippen LogP contribution in [0.1, 0.15) is 0 Å². The lowest BCUT2D eigenvalue weighted by Gasteiger charge is -2.35. The number of anilines is 1. The topological polar surface area (TPSA) is 36.4 Å². The van der Waals surface area contributed by atoms with Gasteiger partial charge in [0.25, 0.3) is 0 Å². The zero-order chi connectivity index (χ0) is 11.4. The van der Waals surface area contributed by atoms with Crippen LogP contribution in [0.5, 0.6) is 0 Å². The van der Waals surface area contributed by atoms with E-state index in [4.69, 9.17) is 11.6 Å². The number of hydrogen-bond donors (Lipinski definition) is 0. The van der Waals surface area contributed by atoms with Crippen LogP contribution in [0.2, 0.25) is 0 Å². The third-order valence-electron chi connectivity index (χ3n) is 2.76. The second-order valence-corrected chi connectivity index (χ2v) is 3.98. The molecule has 1 fully saturated rings. The fourth-order valence-electron chi connectivity index (χ4n) is 1.84. The largest absolute Gasteiger partial charge is 0.367 e. The molecule has 2 rings (SSSR count). The first-order valence-electron chi connectivity index (χ1n) is 5.30. The highest BCUT2D eigenvalue weighted by atomic mass is 35.5. The number of piperazine rings is 1. The summed E-state index contributed by atoms with van der Waals surface area (Å²) >= 11 is 5.52. The molecule has 0 bridgehead atoms. The molecule has 0 aliphatic carbocycles. The predicted octanol–water partition coefficient (Wildman–Crippen LogP) is 0.969. The molecule has 0 spiro atoms. The van der Waals surface area contributed by atoms with Gasteiger partial charge in [-0.1, -0.05) is 0 Å². The van der Waals surface area contributed by atoms with Gasteiger partial charge >= 0.3 is 0 Å². The number of halogens is 1. The molecule has 0 saturated carbocycles. The Labute approximate surface area is 99.8 Å². The van der Waals surface area contributed by atoms with Crippen LogP contribution >= 0.6 is 11.6 Å². The molecule has 0 unspecified atom stereocenters. The summed E-state index contributed by atoms with van der Waals surface area (Å²) in [6.07, 6.45) is 3.61. The van der Waals surface area contributed by atoms with Gasteiger partial charge in [0.15, 0.2) is 0 Å². The van der Waals surface area contributed by atoms with Crippen molar-refractivity contribution in [2.24, 2.45) is 0 Å². The van der Waals surface area contributed by atoms with E-state index in [0.29, 0.717) is 0 Å². The molecule has 1 aromatic rings. The SMILES string of the molecule is O=C(CCl)N1CCN(c2cccnc2)CC1. The van der Waals surface area contributed by atoms with E-state index in [2.05, 4.69) is 9.88 Å². The molecule has 2 heterocycles. The summed E-state index contributed by atoms with van der Waals surface area (Å²) in [7, 11) is 0. The first-order valence-corrected chi connectivity index (χ1v) is 5.83. The Balaban J connectivity index is 1.93. The second kappa shape index (κ2) is 5.16. The minimum atomic E-state index is 0.0208. The molecule has 1 aromatic heterocycles. The van der Waals surface area contributed by atoms with Crippen LogP contribution in [0.15, 0.2) is 24.5 Å². The van der Waals surface area contributed by atoms with E-state index in [1.165, 1.54) is 0 Å². The Morgan fingerprint density at radius 3 is 2.69 bits per heavy atom. The predicted molar refractivity (Wildman–Crippen MR) is 63.8 cm³/mol. The summed E-state index contributed by atoms with van der Waals surface area (Å²) in [6, 6.07) is 3.96. The third kappa shape index (κ3) is 2.44. The van der Waals surface area contributed by atoms with Gasteiger partial charge in [-0.2, -0.15) is 0 Å². The lowest BCUT2D eigenvalue weighted by Crippen LogP contribution is -2.49. The first-order chi connectivity index (χ1) is 7.81. The maximum absolute atomic E-state index is 11.4. The summed E-state index contributed by atoms with van der Waals surface area (Å²) in [6.45, 7) is 3.16. The number of hydrogen-bond acceptors (Lipinski definition) is 3. The maximum Gasteiger partial charge on any atom is 0.237 e. The Bertz CT molecular complexity index is 350. The number of rotatable bonds is 2. The van der Waals surface area contributed by atoms with Gasteiger partial charge in [0, 0.05) is 32.4 Å². The van der Waals surface area contributed by atoms with Gasteiger partial charge in [-0.25, -0.2) is 0 Å². The molecule has 16 heavy (non-hydrogen) atoms. The van der Waals surface area contributed by atoms with Crippen molar-refractivity contribution < 1.29 is 4.79 Å². The zero-order valence-corrected chi connectivity index (χ0v) is 9.73. The molecule has 0 aromatic carbocycles. The van der Waals surface area contributed by atoms with Crippen molar-refractivity contribution in [3.05, 3.63) is 24.5 Å². The van der Waals surface area contributed by atoms with E-state index >= 15 is 0 Å². The summed E-state index contributed by atoms with van der Waals surface area (Å²) in [5.74, 6) is 0.0971. The normalized spacial score (nSPS) is 16.3. The van der Waals surface area contributed by atoms with Gasteiger partial charge in [-0.05, 0) is 12.1 Å². The summed E-state index contributed by atoms with van der Waals surface area (Å²) < 4.78 is 0. The van der Waals surface area contributed by atoms with Gasteiger partial charge in [-0.15, -0.1) is 11.6 Å². The van der Waals surface area contributed by atoms with Crippen molar-refractivity contribution in [2.45, 2.75) is 0 Å². The Kier molecular flexibility index (Phi) is 3.62. The van der Waals surface area contributed by atoms with E-state index < -0.39 is 0 Å². The quantitative estimate of drug-likeness (QED) is 0.722. The molecule has 1 aliphatic heterocycles. The molecule has 1 amide bonds. The smallest absolute Gasteiger partial charge is 0.237 e. The molecule has 4 nitrogen and oxygen atoms in total. The Morgan fingerprint density at radius 2 is 2.12 bits per heavy atom. The van der Waals surface area contributed by atoms with Gasteiger partial charge in [0.1, 0.15) is 5.88 Å². The van der Waals surface area contributed by atoms with Crippen LogP contribution in [-0.4, -0.2) is 47.9 Å². The zero-order valence-electron chi connectivity index (χ0n) is 8.97. The van der Waals surface area contributed by atoms with Crippen molar-refractivity contribution in [1.82, 2.24) is 9.88 Å². The minimum absolute atomic E-state index is 0.0208. The van der Waals surface area contributed by atoms with Crippen molar-refractivity contribution >= 4 is 23.2 Å². The average Bonchev–Trinajstić information content (AvgIpc) is 2.39. The molecule has 5 heteroatoms. The van der Waals surface area contributed by atoms with Gasteiger partial charge in [0.2, 0.25) is 5.91 Å². The lowest BCUT2D eigenvalue weighted by atomic mass is 10.3. The molecule has 0 N–H and O–H groups in total. The number of amides is 1. The first kappa shape index (κ1) is 11.2. The van der Waals surface area contributed by atoms with Crippen molar-refractivity contribution in [3.63, 3.8) is 0 Å². The van der Waals surface area contributed by atoms with Crippen LogP contribution < -0.4 is 4.90 Å². The van der Waals surface area contributed by atoms with Gasteiger partial charge in [-0.3, -0.25) is 9.78 Å². The highest BCUT2D eigenvalue weighted by Crippen LogP contribution is 2.14. The number of alkyl halides is 1. The monoisotopic (exact) mass is 239 g/mol. The fraction of sp³-hybridized carbons (Fsp3) is 0.455. The second-order valence-electron chi connectivity index (χ2n) is 3.71. The molecular formula is C11H14ClN3O. The van der Waals surface area contributed by atoms with E-state index in [1.54, 1.807) is 11.1 Å². The van der Waals surface area contributed by atoms with Crippen LogP contribution in [0, 0.1) is 0 Å². The fourth-order valence-corrected chi connectivity index (χ4v) is 2.01. The van der Waals surface area contributed by atoms with E-state index in [9.17, 15) is 4.79 Å². The molecule has 1 aliphatic rings. The summed E-state index contributed by atoms with van der Waals surface area (Å²) in [4.78, 5) is 19.5. The molecule has 0 radical (unpaired) electrons. The number of carbonyl (C=O) groups is 1. The van der Waals surface area contributed by atoms with Crippen LogP contribution in [0.25, 0.3) is 0 Å². The van der Waals surface area contributed by atoms with Crippen LogP contribution in [-0.2, 0) is 4.79 Å². The molecule has 0 atom stereocenters. The van der Waals surface area contributed by atoms with Gasteiger partial charge in [0.05, 0.1) is 11.9 Å². The van der Waals surface area contributed by atoms with Crippen molar-refractivity contribution in [1.29, 1.82) is 0 Å². The van der Waals surface area contributed by atoms with Crippen LogP contribution in [0.3, 0.4) is 0 Å². The number of aromatic nitrogens is 1. The van der Waals surface area contributed by atoms with E-state index in [1.807, 2.05) is 18.3 Å². The number of pyridine rings is 1. The molecule has 1 saturated heterocycles. The van der Waals surface area contributed by atoms with Gasteiger partial charge < -0.3 is 9.80 Å². The number of carbonyl (C=O) groups excluding carboxylic acids is 1. The average molecular weight is 240 g/mol. The van der Waals surface area contributed by atoms with Crippen molar-refractivity contribution in [3.8, 4) is 0 Å². The maximum atomic E-state index is 11.4. The summed E-state index contributed by atoms with van der Waals surface area (Å²) in [5.41, 5.74) is 1.11.